The summed E-state index contributed by atoms with van der Waals surface area (Å²) in [5, 5.41) is 9.36. The molecule has 1 saturated heterocycles. The fraction of sp³-hybridized carbons (Fsp3) is 0.786. The molecule has 0 aliphatic carbocycles. The summed E-state index contributed by atoms with van der Waals surface area (Å²) in [5.74, 6) is -0.973. The Morgan fingerprint density at radius 1 is 1.25 bits per heavy atom. The first-order valence-electron chi connectivity index (χ1n) is 6.88. The highest BCUT2D eigenvalue weighted by molar-refractivity contribution is 5.99. The van der Waals surface area contributed by atoms with Gasteiger partial charge in [0, 0.05) is 6.04 Å². The quantitative estimate of drug-likeness (QED) is 0.631. The van der Waals surface area contributed by atoms with Crippen molar-refractivity contribution in [3.63, 3.8) is 0 Å². The number of nitrogens with zero attached hydrogens (tertiary/aromatic N) is 1. The number of Topliss-reactive ketones (excluding diaryl/α,β-unsaturated/α-hetero) is 1. The van der Waals surface area contributed by atoms with Gasteiger partial charge in [-0.05, 0) is 25.2 Å². The van der Waals surface area contributed by atoms with Crippen LogP contribution in [0.5, 0.6) is 0 Å². The molecule has 20 heavy (non-hydrogen) atoms. The molecular formula is C14H23NO5. The number of ether oxygens (including phenoxy) is 1. The van der Waals surface area contributed by atoms with Crippen molar-refractivity contribution in [2.75, 3.05) is 6.61 Å². The van der Waals surface area contributed by atoms with Crippen molar-refractivity contribution in [1.82, 2.24) is 4.90 Å². The van der Waals surface area contributed by atoms with Crippen molar-refractivity contribution >= 4 is 17.8 Å². The van der Waals surface area contributed by atoms with Crippen molar-refractivity contribution in [1.29, 1.82) is 0 Å². The minimum atomic E-state index is -1.11. The molecule has 0 spiro atoms. The molecule has 1 aliphatic heterocycles. The lowest BCUT2D eigenvalue weighted by Gasteiger charge is -2.35. The zero-order valence-corrected chi connectivity index (χ0v) is 12.5. The van der Waals surface area contributed by atoms with Crippen LogP contribution in [0.4, 0.5) is 4.79 Å². The number of esters is 1. The fourth-order valence-corrected chi connectivity index (χ4v) is 2.72. The topological polar surface area (TPSA) is 83.9 Å². The van der Waals surface area contributed by atoms with Crippen LogP contribution in [0.25, 0.3) is 0 Å². The number of likely N-dealkylation sites (tertiary alicyclic amines) is 1. The lowest BCUT2D eigenvalue weighted by atomic mass is 9.85. The number of carbonyl (C=O) groups is 3. The molecule has 6 nitrogen and oxygen atoms in total. The summed E-state index contributed by atoms with van der Waals surface area (Å²) >= 11 is 0. The van der Waals surface area contributed by atoms with Gasteiger partial charge in [0.2, 0.25) is 0 Å². The smallest absolute Gasteiger partial charge is 0.408 e. The second-order valence-corrected chi connectivity index (χ2v) is 6.11. The molecule has 1 fully saturated rings. The highest BCUT2D eigenvalue weighted by atomic mass is 16.5. The number of hydrogen-bond donors (Lipinski definition) is 1. The zero-order valence-electron chi connectivity index (χ0n) is 12.5. The van der Waals surface area contributed by atoms with Gasteiger partial charge in [-0.25, -0.2) is 4.79 Å². The molecule has 0 aromatic heterocycles. The number of carbonyl (C=O) groups excluding carboxylic acids is 2. The maximum Gasteiger partial charge on any atom is 0.408 e. The van der Waals surface area contributed by atoms with Crippen molar-refractivity contribution in [3.05, 3.63) is 0 Å². The molecule has 1 aliphatic rings. The first-order valence-corrected chi connectivity index (χ1v) is 6.88. The molecule has 1 rings (SSSR count). The highest BCUT2D eigenvalue weighted by Gasteiger charge is 2.45. The Kier molecular flexibility index (Phi) is 5.14. The van der Waals surface area contributed by atoms with Crippen LogP contribution in [0.2, 0.25) is 0 Å². The second kappa shape index (κ2) is 6.24. The van der Waals surface area contributed by atoms with Gasteiger partial charge in [-0.3, -0.25) is 14.5 Å². The number of hydrogen-bond acceptors (Lipinski definition) is 4. The zero-order chi connectivity index (χ0) is 15.5. The minimum Gasteiger partial charge on any atom is -0.466 e. The van der Waals surface area contributed by atoms with E-state index in [4.69, 9.17) is 4.74 Å². The largest absolute Gasteiger partial charge is 0.466 e. The van der Waals surface area contributed by atoms with Gasteiger partial charge in [0.05, 0.1) is 12.6 Å². The average Bonchev–Trinajstić information content (AvgIpc) is 2.72. The Balaban J connectivity index is 2.82. The molecule has 0 radical (unpaired) electrons. The molecule has 0 saturated carbocycles. The SMILES string of the molecule is CCOC(=O)CC(=O)C1CCC(C(C)(C)C)N1C(=O)O. The third kappa shape index (κ3) is 3.71. The van der Waals surface area contributed by atoms with Crippen molar-refractivity contribution < 1.29 is 24.2 Å². The predicted molar refractivity (Wildman–Crippen MR) is 72.4 cm³/mol. The van der Waals surface area contributed by atoms with Crippen molar-refractivity contribution in [2.45, 2.75) is 59.0 Å². The number of amides is 1. The number of rotatable bonds is 4. The predicted octanol–water partition coefficient (Wildman–Crippen LogP) is 2.07. The van der Waals surface area contributed by atoms with Crippen LogP contribution in [0.1, 0.15) is 47.0 Å². The molecule has 1 amide bonds. The van der Waals surface area contributed by atoms with E-state index in [2.05, 4.69) is 0 Å². The lowest BCUT2D eigenvalue weighted by molar-refractivity contribution is -0.146. The summed E-state index contributed by atoms with van der Waals surface area (Å²) in [4.78, 5) is 36.1. The third-order valence-electron chi connectivity index (χ3n) is 3.60. The summed E-state index contributed by atoms with van der Waals surface area (Å²) in [5.41, 5.74) is -0.239. The van der Waals surface area contributed by atoms with Crippen LogP contribution in [0, 0.1) is 5.41 Å². The monoisotopic (exact) mass is 285 g/mol. The fourth-order valence-electron chi connectivity index (χ4n) is 2.72. The maximum absolute atomic E-state index is 12.1. The molecule has 2 unspecified atom stereocenters. The van der Waals surface area contributed by atoms with Crippen LogP contribution in [0.3, 0.4) is 0 Å². The summed E-state index contributed by atoms with van der Waals surface area (Å²) < 4.78 is 4.74. The Morgan fingerprint density at radius 2 is 1.85 bits per heavy atom. The van der Waals surface area contributed by atoms with Gasteiger partial charge in [0.15, 0.2) is 5.78 Å². The van der Waals surface area contributed by atoms with E-state index in [1.165, 1.54) is 4.90 Å². The standard InChI is InChI=1S/C14H23NO5/c1-5-20-12(17)8-10(16)9-6-7-11(14(2,3)4)15(9)13(18)19/h9,11H,5-8H2,1-4H3,(H,18,19). The molecule has 0 bridgehead atoms. The lowest BCUT2D eigenvalue weighted by Crippen LogP contribution is -2.49. The van der Waals surface area contributed by atoms with Gasteiger partial charge in [0.1, 0.15) is 6.42 Å². The van der Waals surface area contributed by atoms with E-state index in [9.17, 15) is 19.5 Å². The van der Waals surface area contributed by atoms with Gasteiger partial charge < -0.3 is 9.84 Å². The van der Waals surface area contributed by atoms with E-state index in [1.54, 1.807) is 6.92 Å². The molecule has 1 N–H and O–H groups in total. The van der Waals surface area contributed by atoms with E-state index in [0.29, 0.717) is 12.8 Å². The van der Waals surface area contributed by atoms with Crippen LogP contribution >= 0.6 is 0 Å². The van der Waals surface area contributed by atoms with E-state index >= 15 is 0 Å². The van der Waals surface area contributed by atoms with Crippen LogP contribution in [0.15, 0.2) is 0 Å². The normalized spacial score (nSPS) is 22.7. The van der Waals surface area contributed by atoms with E-state index in [-0.39, 0.29) is 30.3 Å². The molecule has 0 aromatic rings. The molecule has 0 aromatic carbocycles. The van der Waals surface area contributed by atoms with Gasteiger partial charge in [0.25, 0.3) is 0 Å². The van der Waals surface area contributed by atoms with Gasteiger partial charge in [-0.15, -0.1) is 0 Å². The maximum atomic E-state index is 12.1. The van der Waals surface area contributed by atoms with Crippen molar-refractivity contribution in [3.8, 4) is 0 Å². The molecule has 1 heterocycles. The molecule has 114 valence electrons. The van der Waals surface area contributed by atoms with E-state index < -0.39 is 18.1 Å². The van der Waals surface area contributed by atoms with E-state index in [1.807, 2.05) is 20.8 Å². The van der Waals surface area contributed by atoms with E-state index in [0.717, 1.165) is 0 Å². The Bertz CT molecular complexity index is 399. The molecular weight excluding hydrogens is 262 g/mol. The first-order chi connectivity index (χ1) is 9.18. The van der Waals surface area contributed by atoms with Gasteiger partial charge in [-0.2, -0.15) is 0 Å². The summed E-state index contributed by atoms with van der Waals surface area (Å²) in [7, 11) is 0. The summed E-state index contributed by atoms with van der Waals surface area (Å²) in [6, 6.07) is -0.947. The Morgan fingerprint density at radius 3 is 2.30 bits per heavy atom. The first kappa shape index (κ1) is 16.5. The molecule has 2 atom stereocenters. The minimum absolute atomic E-state index is 0.212. The third-order valence-corrected chi connectivity index (χ3v) is 3.60. The highest BCUT2D eigenvalue weighted by Crippen LogP contribution is 2.36. The van der Waals surface area contributed by atoms with Gasteiger partial charge in [-0.1, -0.05) is 20.8 Å². The van der Waals surface area contributed by atoms with Crippen LogP contribution in [-0.4, -0.2) is 46.5 Å². The number of ketones is 1. The summed E-state index contributed by atoms with van der Waals surface area (Å²) in [6.07, 6.45) is -0.370. The molecule has 6 heteroatoms. The average molecular weight is 285 g/mol. The van der Waals surface area contributed by atoms with Crippen molar-refractivity contribution in [2.24, 2.45) is 5.41 Å². The Hall–Kier alpha value is -1.59. The summed E-state index contributed by atoms with van der Waals surface area (Å²) in [6.45, 7) is 7.73. The number of carboxylic acid groups (broad SMARTS) is 1. The van der Waals surface area contributed by atoms with Crippen LogP contribution in [-0.2, 0) is 14.3 Å². The van der Waals surface area contributed by atoms with Gasteiger partial charge >= 0.3 is 12.1 Å². The van der Waals surface area contributed by atoms with Crippen LogP contribution < -0.4 is 0 Å². The second-order valence-electron chi connectivity index (χ2n) is 6.11. The Labute approximate surface area is 119 Å².